The fraction of sp³-hybridized carbons (Fsp3) is 0.0556. The first-order chi connectivity index (χ1) is 11.1. The number of ether oxygens (including phenoxy) is 1. The summed E-state index contributed by atoms with van der Waals surface area (Å²) in [6.45, 7) is 4.00. The van der Waals surface area contributed by atoms with Crippen LogP contribution in [0.25, 0.3) is 6.08 Å². The second-order valence-corrected chi connectivity index (χ2v) is 4.67. The Bertz CT molecular complexity index is 748. The van der Waals surface area contributed by atoms with Gasteiger partial charge in [0, 0.05) is 17.7 Å². The van der Waals surface area contributed by atoms with E-state index < -0.39 is 4.92 Å². The Labute approximate surface area is 133 Å². The topological polar surface area (TPSA) is 69.4 Å². The number of carbonyl (C=O) groups excluding carboxylic acids is 1. The highest BCUT2D eigenvalue weighted by Gasteiger charge is 2.09. The Kier molecular flexibility index (Phi) is 5.41. The molecule has 23 heavy (non-hydrogen) atoms. The second-order valence-electron chi connectivity index (χ2n) is 4.67. The molecule has 116 valence electrons. The fourth-order valence-corrected chi connectivity index (χ4v) is 1.87. The predicted octanol–water partition coefficient (Wildman–Crippen LogP) is 4.06. The fourth-order valence-electron chi connectivity index (χ4n) is 1.87. The van der Waals surface area contributed by atoms with Gasteiger partial charge in [-0.25, -0.2) is 0 Å². The zero-order chi connectivity index (χ0) is 16.7. The highest BCUT2D eigenvalue weighted by Crippen LogP contribution is 2.16. The van der Waals surface area contributed by atoms with E-state index in [4.69, 9.17) is 4.74 Å². The van der Waals surface area contributed by atoms with Crippen LogP contribution in [0, 0.1) is 10.1 Å². The average Bonchev–Trinajstić information content (AvgIpc) is 2.58. The number of benzene rings is 2. The molecule has 0 aliphatic rings. The van der Waals surface area contributed by atoms with Gasteiger partial charge < -0.3 is 4.74 Å². The van der Waals surface area contributed by atoms with Crippen molar-refractivity contribution >= 4 is 17.5 Å². The van der Waals surface area contributed by atoms with Gasteiger partial charge in [0.1, 0.15) is 12.4 Å². The summed E-state index contributed by atoms with van der Waals surface area (Å²) in [5.74, 6) is 0.424. The zero-order valence-electron chi connectivity index (χ0n) is 12.3. The molecule has 0 aromatic heterocycles. The molecule has 0 fully saturated rings. The summed E-state index contributed by atoms with van der Waals surface area (Å²) in [6, 6.07) is 12.9. The van der Waals surface area contributed by atoms with Crippen LogP contribution >= 0.6 is 0 Å². The van der Waals surface area contributed by atoms with Crippen molar-refractivity contribution in [3.63, 3.8) is 0 Å². The van der Waals surface area contributed by atoms with Crippen molar-refractivity contribution in [3.05, 3.63) is 88.5 Å². The average molecular weight is 309 g/mol. The van der Waals surface area contributed by atoms with E-state index >= 15 is 0 Å². The van der Waals surface area contributed by atoms with Crippen LogP contribution in [-0.2, 0) is 0 Å². The lowest BCUT2D eigenvalue weighted by molar-refractivity contribution is -0.384. The summed E-state index contributed by atoms with van der Waals surface area (Å²) in [6.07, 6.45) is 4.70. The van der Waals surface area contributed by atoms with Crippen LogP contribution in [-0.4, -0.2) is 17.3 Å². The van der Waals surface area contributed by atoms with Gasteiger partial charge in [0.2, 0.25) is 0 Å². The summed E-state index contributed by atoms with van der Waals surface area (Å²) in [5.41, 5.74) is 1.00. The largest absolute Gasteiger partial charge is 0.490 e. The third-order valence-corrected chi connectivity index (χ3v) is 3.02. The van der Waals surface area contributed by atoms with Gasteiger partial charge >= 0.3 is 0 Å². The van der Waals surface area contributed by atoms with Gasteiger partial charge in [-0.2, -0.15) is 0 Å². The number of nitro groups is 1. The summed E-state index contributed by atoms with van der Waals surface area (Å²) in [7, 11) is 0. The number of nitrogens with zero attached hydrogens (tertiary/aromatic N) is 1. The Morgan fingerprint density at radius 1 is 1.22 bits per heavy atom. The molecule has 0 aliphatic carbocycles. The number of nitro benzene ring substituents is 1. The van der Waals surface area contributed by atoms with Crippen molar-refractivity contribution in [2.75, 3.05) is 6.61 Å². The quantitative estimate of drug-likeness (QED) is 0.254. The monoisotopic (exact) mass is 309 g/mol. The first kappa shape index (κ1) is 16.2. The maximum absolute atomic E-state index is 12.1. The zero-order valence-corrected chi connectivity index (χ0v) is 12.3. The molecule has 2 aromatic carbocycles. The molecule has 0 N–H and O–H groups in total. The van der Waals surface area contributed by atoms with E-state index in [9.17, 15) is 14.9 Å². The van der Waals surface area contributed by atoms with E-state index in [0.717, 1.165) is 5.56 Å². The number of ketones is 1. The molecular formula is C18H15NO4. The molecule has 2 rings (SSSR count). The molecule has 0 saturated heterocycles. The first-order valence-corrected chi connectivity index (χ1v) is 6.91. The molecule has 0 atom stereocenters. The molecule has 0 saturated carbocycles. The van der Waals surface area contributed by atoms with E-state index in [1.807, 2.05) is 12.1 Å². The third-order valence-electron chi connectivity index (χ3n) is 3.02. The number of non-ortho nitro benzene ring substituents is 1. The van der Waals surface area contributed by atoms with Crippen LogP contribution in [0.4, 0.5) is 5.69 Å². The lowest BCUT2D eigenvalue weighted by Gasteiger charge is -2.02. The Morgan fingerprint density at radius 3 is 2.61 bits per heavy atom. The van der Waals surface area contributed by atoms with Crippen molar-refractivity contribution in [1.82, 2.24) is 0 Å². The minimum Gasteiger partial charge on any atom is -0.490 e. The van der Waals surface area contributed by atoms with E-state index in [0.29, 0.717) is 12.4 Å². The van der Waals surface area contributed by atoms with Crippen molar-refractivity contribution in [1.29, 1.82) is 0 Å². The molecular weight excluding hydrogens is 294 g/mol. The van der Waals surface area contributed by atoms with Crippen LogP contribution < -0.4 is 4.74 Å². The normalized spacial score (nSPS) is 10.4. The standard InChI is InChI=1S/C18H15NO4/c1-2-12-23-17-9-6-14(7-10-17)8-11-18(20)15-4-3-5-16(13-15)19(21)22/h2-11,13H,1,12H2/b11-8+. The third kappa shape index (κ3) is 4.64. The van der Waals surface area contributed by atoms with Crippen molar-refractivity contribution in [3.8, 4) is 5.75 Å². The van der Waals surface area contributed by atoms with Crippen LogP contribution in [0.3, 0.4) is 0 Å². The minimum absolute atomic E-state index is 0.104. The second kappa shape index (κ2) is 7.70. The number of allylic oxidation sites excluding steroid dienone is 1. The van der Waals surface area contributed by atoms with E-state index in [1.165, 1.54) is 24.3 Å². The summed E-state index contributed by atoms with van der Waals surface area (Å²) in [4.78, 5) is 22.3. The lowest BCUT2D eigenvalue weighted by Crippen LogP contribution is -1.96. The summed E-state index contributed by atoms with van der Waals surface area (Å²) < 4.78 is 5.37. The Morgan fingerprint density at radius 2 is 1.96 bits per heavy atom. The highest BCUT2D eigenvalue weighted by atomic mass is 16.6. The van der Waals surface area contributed by atoms with Gasteiger partial charge in [-0.1, -0.05) is 43.0 Å². The molecule has 0 bridgehead atoms. The van der Waals surface area contributed by atoms with Gasteiger partial charge in [0.25, 0.3) is 5.69 Å². The molecule has 0 heterocycles. The molecule has 0 amide bonds. The molecule has 0 spiro atoms. The molecule has 5 nitrogen and oxygen atoms in total. The van der Waals surface area contributed by atoms with Crippen LogP contribution in [0.5, 0.6) is 5.75 Å². The Hall–Kier alpha value is -3.21. The summed E-state index contributed by atoms with van der Waals surface area (Å²) >= 11 is 0. The van der Waals surface area contributed by atoms with Gasteiger partial charge in [-0.3, -0.25) is 14.9 Å². The van der Waals surface area contributed by atoms with E-state index in [-0.39, 0.29) is 17.0 Å². The van der Waals surface area contributed by atoms with E-state index in [2.05, 4.69) is 6.58 Å². The lowest BCUT2D eigenvalue weighted by atomic mass is 10.1. The predicted molar refractivity (Wildman–Crippen MR) is 88.6 cm³/mol. The maximum atomic E-state index is 12.1. The maximum Gasteiger partial charge on any atom is 0.270 e. The van der Waals surface area contributed by atoms with Crippen LogP contribution in [0.15, 0.2) is 67.3 Å². The molecule has 2 aromatic rings. The molecule has 0 radical (unpaired) electrons. The number of carbonyl (C=O) groups is 1. The van der Waals surface area contributed by atoms with Crippen molar-refractivity contribution < 1.29 is 14.5 Å². The Balaban J connectivity index is 2.07. The van der Waals surface area contributed by atoms with Gasteiger partial charge in [-0.15, -0.1) is 0 Å². The molecule has 5 heteroatoms. The summed E-state index contributed by atoms with van der Waals surface area (Å²) in [5, 5.41) is 10.7. The van der Waals surface area contributed by atoms with Gasteiger partial charge in [0.15, 0.2) is 5.78 Å². The molecule has 0 aliphatic heterocycles. The van der Waals surface area contributed by atoms with Crippen molar-refractivity contribution in [2.45, 2.75) is 0 Å². The highest BCUT2D eigenvalue weighted by molar-refractivity contribution is 6.07. The number of rotatable bonds is 7. The first-order valence-electron chi connectivity index (χ1n) is 6.91. The minimum atomic E-state index is -0.525. The SMILES string of the molecule is C=CCOc1ccc(/C=C/C(=O)c2cccc([N+](=O)[O-])c2)cc1. The number of hydrogen-bond donors (Lipinski definition) is 0. The van der Waals surface area contributed by atoms with Crippen LogP contribution in [0.2, 0.25) is 0 Å². The van der Waals surface area contributed by atoms with Gasteiger partial charge in [-0.05, 0) is 23.8 Å². The van der Waals surface area contributed by atoms with Crippen molar-refractivity contribution in [2.24, 2.45) is 0 Å². The van der Waals surface area contributed by atoms with E-state index in [1.54, 1.807) is 30.4 Å². The van der Waals surface area contributed by atoms with Crippen LogP contribution in [0.1, 0.15) is 15.9 Å². The van der Waals surface area contributed by atoms with Gasteiger partial charge in [0.05, 0.1) is 4.92 Å². The molecule has 0 unspecified atom stereocenters. The number of hydrogen-bond acceptors (Lipinski definition) is 4. The smallest absolute Gasteiger partial charge is 0.270 e.